The molecule has 1 atom stereocenters. The smallest absolute Gasteiger partial charge is 0.0247 e. The average molecular weight is 175 g/mol. The van der Waals surface area contributed by atoms with Crippen LogP contribution in [0.15, 0.2) is 43.0 Å². The first kappa shape index (κ1) is 10.0. The van der Waals surface area contributed by atoms with Crippen LogP contribution in [0.4, 0.5) is 0 Å². The van der Waals surface area contributed by atoms with Gasteiger partial charge >= 0.3 is 0 Å². The Morgan fingerprint density at radius 2 is 2.08 bits per heavy atom. The number of hydrogen-bond donors (Lipinski definition) is 1. The molecule has 0 saturated heterocycles. The second-order valence-corrected chi connectivity index (χ2v) is 3.16. The van der Waals surface area contributed by atoms with Crippen LogP contribution in [0, 0.1) is 0 Å². The van der Waals surface area contributed by atoms with Crippen LogP contribution in [0.25, 0.3) is 0 Å². The summed E-state index contributed by atoms with van der Waals surface area (Å²) < 4.78 is 0. The van der Waals surface area contributed by atoms with E-state index in [-0.39, 0.29) is 0 Å². The van der Waals surface area contributed by atoms with Crippen LogP contribution >= 0.6 is 0 Å². The Morgan fingerprint density at radius 1 is 1.38 bits per heavy atom. The van der Waals surface area contributed by atoms with E-state index in [1.165, 1.54) is 5.56 Å². The minimum atomic E-state index is 0.431. The van der Waals surface area contributed by atoms with Crippen LogP contribution in [0.1, 0.15) is 12.0 Å². The fourth-order valence-corrected chi connectivity index (χ4v) is 1.35. The molecule has 1 aromatic carbocycles. The average Bonchev–Trinajstić information content (AvgIpc) is 2.21. The summed E-state index contributed by atoms with van der Waals surface area (Å²) in [5, 5.41) is 3.20. The third-order valence-corrected chi connectivity index (χ3v) is 2.24. The highest BCUT2D eigenvalue weighted by Crippen LogP contribution is 2.04. The van der Waals surface area contributed by atoms with E-state index in [9.17, 15) is 0 Å². The lowest BCUT2D eigenvalue weighted by molar-refractivity contribution is 0.615. The lowest BCUT2D eigenvalue weighted by Crippen LogP contribution is -2.22. The summed E-state index contributed by atoms with van der Waals surface area (Å²) in [4.78, 5) is 0. The molecule has 0 fully saturated rings. The first-order valence-electron chi connectivity index (χ1n) is 4.70. The van der Waals surface area contributed by atoms with Crippen molar-refractivity contribution < 1.29 is 0 Å². The number of aryl methyl sites for hydroxylation is 1. The summed E-state index contributed by atoms with van der Waals surface area (Å²) in [6, 6.07) is 11.0. The number of likely N-dealkylation sites (N-methyl/N-ethyl adjacent to an activating group) is 1. The molecule has 0 aromatic heterocycles. The highest BCUT2D eigenvalue weighted by atomic mass is 14.8. The molecular formula is C12H17N. The maximum Gasteiger partial charge on any atom is 0.0247 e. The molecule has 0 heterocycles. The van der Waals surface area contributed by atoms with Crippen LogP contribution in [-0.2, 0) is 6.42 Å². The van der Waals surface area contributed by atoms with Crippen molar-refractivity contribution in [1.29, 1.82) is 0 Å². The standard InChI is InChI=1S/C12H17N/c1-3-12(13-2)10-9-11-7-5-4-6-8-11/h3-8,12-13H,1,9-10H2,2H3/t12-/m0/s1. The fourth-order valence-electron chi connectivity index (χ4n) is 1.35. The highest BCUT2D eigenvalue weighted by molar-refractivity contribution is 5.15. The van der Waals surface area contributed by atoms with Gasteiger partial charge in [0.2, 0.25) is 0 Å². The third-order valence-electron chi connectivity index (χ3n) is 2.24. The van der Waals surface area contributed by atoms with E-state index in [0.29, 0.717) is 6.04 Å². The first-order chi connectivity index (χ1) is 6.36. The van der Waals surface area contributed by atoms with E-state index in [1.54, 1.807) is 0 Å². The molecule has 13 heavy (non-hydrogen) atoms. The second-order valence-electron chi connectivity index (χ2n) is 3.16. The summed E-state index contributed by atoms with van der Waals surface area (Å²) in [6.45, 7) is 3.78. The molecule has 70 valence electrons. The summed E-state index contributed by atoms with van der Waals surface area (Å²) in [5.41, 5.74) is 1.39. The Kier molecular flexibility index (Phi) is 4.27. The Morgan fingerprint density at radius 3 is 2.62 bits per heavy atom. The maximum atomic E-state index is 3.78. The van der Waals surface area contributed by atoms with Crippen molar-refractivity contribution in [2.45, 2.75) is 18.9 Å². The quantitative estimate of drug-likeness (QED) is 0.678. The van der Waals surface area contributed by atoms with E-state index in [2.05, 4.69) is 36.2 Å². The van der Waals surface area contributed by atoms with Crippen LogP contribution in [0.5, 0.6) is 0 Å². The Balaban J connectivity index is 2.38. The molecule has 0 radical (unpaired) electrons. The monoisotopic (exact) mass is 175 g/mol. The molecule has 0 aliphatic rings. The topological polar surface area (TPSA) is 12.0 Å². The third kappa shape index (κ3) is 3.43. The predicted molar refractivity (Wildman–Crippen MR) is 57.8 cm³/mol. The molecule has 0 aliphatic carbocycles. The maximum absolute atomic E-state index is 3.78. The minimum Gasteiger partial charge on any atom is -0.314 e. The zero-order valence-corrected chi connectivity index (χ0v) is 8.16. The second kappa shape index (κ2) is 5.55. The highest BCUT2D eigenvalue weighted by Gasteiger charge is 1.99. The van der Waals surface area contributed by atoms with E-state index < -0.39 is 0 Å². The van der Waals surface area contributed by atoms with Gasteiger partial charge in [0.1, 0.15) is 0 Å². The Labute approximate surface area is 80.5 Å². The van der Waals surface area contributed by atoms with Crippen LogP contribution in [0.3, 0.4) is 0 Å². The van der Waals surface area contributed by atoms with Gasteiger partial charge in [0.15, 0.2) is 0 Å². The van der Waals surface area contributed by atoms with Gasteiger partial charge in [-0.1, -0.05) is 36.4 Å². The van der Waals surface area contributed by atoms with Crippen molar-refractivity contribution in [3.8, 4) is 0 Å². The van der Waals surface area contributed by atoms with E-state index in [4.69, 9.17) is 0 Å². The van der Waals surface area contributed by atoms with Gasteiger partial charge in [0, 0.05) is 6.04 Å². The summed E-state index contributed by atoms with van der Waals surface area (Å²) in [5.74, 6) is 0. The molecule has 1 heteroatoms. The molecule has 0 amide bonds. The molecule has 0 unspecified atom stereocenters. The molecule has 1 nitrogen and oxygen atoms in total. The SMILES string of the molecule is C=C[C@@H](CCc1ccccc1)NC. The summed E-state index contributed by atoms with van der Waals surface area (Å²) in [7, 11) is 1.97. The van der Waals surface area contributed by atoms with Gasteiger partial charge in [-0.05, 0) is 25.5 Å². The normalized spacial score (nSPS) is 12.4. The van der Waals surface area contributed by atoms with Crippen LogP contribution in [-0.4, -0.2) is 13.1 Å². The van der Waals surface area contributed by atoms with E-state index in [1.807, 2.05) is 19.2 Å². The fraction of sp³-hybridized carbons (Fsp3) is 0.333. The lowest BCUT2D eigenvalue weighted by atomic mass is 10.1. The van der Waals surface area contributed by atoms with Crippen LogP contribution < -0.4 is 5.32 Å². The number of nitrogens with one attached hydrogen (secondary N) is 1. The van der Waals surface area contributed by atoms with Gasteiger partial charge in [-0.2, -0.15) is 0 Å². The zero-order valence-electron chi connectivity index (χ0n) is 8.16. The molecule has 0 spiro atoms. The van der Waals surface area contributed by atoms with Gasteiger partial charge in [0.25, 0.3) is 0 Å². The van der Waals surface area contributed by atoms with E-state index >= 15 is 0 Å². The number of hydrogen-bond acceptors (Lipinski definition) is 1. The Hall–Kier alpha value is -1.08. The van der Waals surface area contributed by atoms with Crippen molar-refractivity contribution in [1.82, 2.24) is 5.32 Å². The van der Waals surface area contributed by atoms with Crippen molar-refractivity contribution in [2.24, 2.45) is 0 Å². The molecule has 0 aliphatic heterocycles. The molecule has 0 saturated carbocycles. The summed E-state index contributed by atoms with van der Waals surface area (Å²) >= 11 is 0. The van der Waals surface area contributed by atoms with Crippen molar-refractivity contribution >= 4 is 0 Å². The zero-order chi connectivity index (χ0) is 9.52. The number of rotatable bonds is 5. The van der Waals surface area contributed by atoms with Gasteiger partial charge in [-0.3, -0.25) is 0 Å². The molecule has 1 aromatic rings. The van der Waals surface area contributed by atoms with Crippen molar-refractivity contribution in [3.05, 3.63) is 48.6 Å². The Bertz CT molecular complexity index is 241. The van der Waals surface area contributed by atoms with Gasteiger partial charge in [-0.15, -0.1) is 6.58 Å². The first-order valence-corrected chi connectivity index (χ1v) is 4.70. The van der Waals surface area contributed by atoms with Gasteiger partial charge in [0.05, 0.1) is 0 Å². The molecule has 1 N–H and O–H groups in total. The molecule has 0 bridgehead atoms. The predicted octanol–water partition coefficient (Wildman–Crippen LogP) is 2.39. The minimum absolute atomic E-state index is 0.431. The van der Waals surface area contributed by atoms with Crippen molar-refractivity contribution in [2.75, 3.05) is 7.05 Å². The van der Waals surface area contributed by atoms with Crippen LogP contribution in [0.2, 0.25) is 0 Å². The molecular weight excluding hydrogens is 158 g/mol. The largest absolute Gasteiger partial charge is 0.314 e. The van der Waals surface area contributed by atoms with Crippen molar-refractivity contribution in [3.63, 3.8) is 0 Å². The van der Waals surface area contributed by atoms with Gasteiger partial charge in [-0.25, -0.2) is 0 Å². The van der Waals surface area contributed by atoms with Gasteiger partial charge < -0.3 is 5.32 Å². The number of benzene rings is 1. The van der Waals surface area contributed by atoms with E-state index in [0.717, 1.165) is 12.8 Å². The summed E-state index contributed by atoms with van der Waals surface area (Å²) in [6.07, 6.45) is 4.19. The molecule has 1 rings (SSSR count). The lowest BCUT2D eigenvalue weighted by Gasteiger charge is -2.10.